The first kappa shape index (κ1) is 12.6. The maximum Gasteiger partial charge on any atom is 0.225 e. The number of nitrogens with zero attached hydrogens (tertiary/aromatic N) is 3. The Labute approximate surface area is 121 Å². The van der Waals surface area contributed by atoms with Crippen molar-refractivity contribution >= 4 is 21.9 Å². The van der Waals surface area contributed by atoms with Gasteiger partial charge in [-0.1, -0.05) is 30.3 Å². The van der Waals surface area contributed by atoms with Gasteiger partial charge < -0.3 is 4.90 Å². The summed E-state index contributed by atoms with van der Waals surface area (Å²) in [6, 6.07) is 10.8. The average molecular weight is 318 g/mol. The molecule has 0 saturated heterocycles. The SMILES string of the molecule is CN(CC1(c2ccccc2)CC1)c1ncc(Br)cn1. The van der Waals surface area contributed by atoms with Crippen LogP contribution in [0.4, 0.5) is 5.95 Å². The maximum atomic E-state index is 4.35. The molecule has 0 spiro atoms. The molecule has 3 rings (SSSR count). The van der Waals surface area contributed by atoms with Crippen LogP contribution in [0.5, 0.6) is 0 Å². The van der Waals surface area contributed by atoms with Gasteiger partial charge in [-0.2, -0.15) is 0 Å². The number of rotatable bonds is 4. The lowest BCUT2D eigenvalue weighted by Gasteiger charge is -2.24. The number of hydrogen-bond acceptors (Lipinski definition) is 3. The van der Waals surface area contributed by atoms with Crippen molar-refractivity contribution in [1.82, 2.24) is 9.97 Å². The Kier molecular flexibility index (Phi) is 3.27. The second kappa shape index (κ2) is 4.93. The monoisotopic (exact) mass is 317 g/mol. The first-order chi connectivity index (χ1) is 9.20. The van der Waals surface area contributed by atoms with Crippen molar-refractivity contribution in [3.8, 4) is 0 Å². The summed E-state index contributed by atoms with van der Waals surface area (Å²) in [6.45, 7) is 0.971. The van der Waals surface area contributed by atoms with E-state index in [2.05, 4.69) is 68.2 Å². The number of aromatic nitrogens is 2. The molecule has 0 radical (unpaired) electrons. The van der Waals surface area contributed by atoms with Crippen molar-refractivity contribution in [3.05, 3.63) is 52.8 Å². The van der Waals surface area contributed by atoms with Gasteiger partial charge in [0.2, 0.25) is 5.95 Å². The fourth-order valence-corrected chi connectivity index (χ4v) is 2.71. The van der Waals surface area contributed by atoms with E-state index < -0.39 is 0 Å². The standard InChI is InChI=1S/C15H16BrN3/c1-19(14-17-9-13(16)10-18-14)11-15(7-8-15)12-5-3-2-4-6-12/h2-6,9-10H,7-8,11H2,1H3. The van der Waals surface area contributed by atoms with Gasteiger partial charge in [0, 0.05) is 31.4 Å². The number of anilines is 1. The molecule has 1 saturated carbocycles. The van der Waals surface area contributed by atoms with E-state index in [0.29, 0.717) is 5.41 Å². The largest absolute Gasteiger partial charge is 0.343 e. The number of halogens is 1. The summed E-state index contributed by atoms with van der Waals surface area (Å²) in [5, 5.41) is 0. The first-order valence-electron chi connectivity index (χ1n) is 6.44. The molecule has 19 heavy (non-hydrogen) atoms. The predicted octanol–water partition coefficient (Wildman–Crippen LogP) is 3.41. The Morgan fingerprint density at radius 3 is 2.37 bits per heavy atom. The Morgan fingerprint density at radius 2 is 1.79 bits per heavy atom. The minimum Gasteiger partial charge on any atom is -0.343 e. The highest BCUT2D eigenvalue weighted by Gasteiger charge is 2.45. The van der Waals surface area contributed by atoms with E-state index in [4.69, 9.17) is 0 Å². The Balaban J connectivity index is 1.76. The fraction of sp³-hybridized carbons (Fsp3) is 0.333. The van der Waals surface area contributed by atoms with E-state index in [1.807, 2.05) is 0 Å². The van der Waals surface area contributed by atoms with E-state index in [1.54, 1.807) is 12.4 Å². The molecule has 1 aliphatic carbocycles. The summed E-state index contributed by atoms with van der Waals surface area (Å²) < 4.78 is 0.911. The van der Waals surface area contributed by atoms with Crippen molar-refractivity contribution in [1.29, 1.82) is 0 Å². The average Bonchev–Trinajstić information content (AvgIpc) is 3.21. The summed E-state index contributed by atoms with van der Waals surface area (Å²) in [5.74, 6) is 0.783. The van der Waals surface area contributed by atoms with Crippen LogP contribution in [0.1, 0.15) is 18.4 Å². The molecule has 2 aromatic rings. The first-order valence-corrected chi connectivity index (χ1v) is 7.23. The molecule has 1 aliphatic rings. The predicted molar refractivity (Wildman–Crippen MR) is 80.4 cm³/mol. The van der Waals surface area contributed by atoms with E-state index in [1.165, 1.54) is 18.4 Å². The molecular weight excluding hydrogens is 302 g/mol. The molecule has 4 heteroatoms. The van der Waals surface area contributed by atoms with E-state index >= 15 is 0 Å². The molecular formula is C15H16BrN3. The lowest BCUT2D eigenvalue weighted by atomic mass is 9.95. The summed E-state index contributed by atoms with van der Waals surface area (Å²) >= 11 is 3.36. The van der Waals surface area contributed by atoms with Crippen molar-refractivity contribution in [2.45, 2.75) is 18.3 Å². The van der Waals surface area contributed by atoms with Crippen LogP contribution in [-0.2, 0) is 5.41 Å². The van der Waals surface area contributed by atoms with Crippen LogP contribution in [-0.4, -0.2) is 23.6 Å². The number of likely N-dealkylation sites (N-methyl/N-ethyl adjacent to an activating group) is 1. The Morgan fingerprint density at radius 1 is 1.16 bits per heavy atom. The van der Waals surface area contributed by atoms with Crippen molar-refractivity contribution < 1.29 is 0 Å². The van der Waals surface area contributed by atoms with Crippen LogP contribution in [0.2, 0.25) is 0 Å². The van der Waals surface area contributed by atoms with Gasteiger partial charge in [-0.3, -0.25) is 0 Å². The van der Waals surface area contributed by atoms with Gasteiger partial charge in [0.25, 0.3) is 0 Å². The van der Waals surface area contributed by atoms with Crippen LogP contribution in [0.25, 0.3) is 0 Å². The van der Waals surface area contributed by atoms with Gasteiger partial charge in [0.15, 0.2) is 0 Å². The smallest absolute Gasteiger partial charge is 0.225 e. The summed E-state index contributed by atoms with van der Waals surface area (Å²) in [4.78, 5) is 10.8. The minimum absolute atomic E-state index is 0.298. The molecule has 1 aromatic heterocycles. The van der Waals surface area contributed by atoms with E-state index in [-0.39, 0.29) is 0 Å². The lowest BCUT2D eigenvalue weighted by molar-refractivity contribution is 0.662. The van der Waals surface area contributed by atoms with Gasteiger partial charge in [-0.05, 0) is 34.3 Å². The molecule has 1 heterocycles. The topological polar surface area (TPSA) is 29.0 Å². The molecule has 0 aliphatic heterocycles. The molecule has 0 bridgehead atoms. The summed E-state index contributed by atoms with van der Waals surface area (Å²) in [6.07, 6.45) is 6.08. The number of benzene rings is 1. The summed E-state index contributed by atoms with van der Waals surface area (Å²) in [5.41, 5.74) is 1.73. The molecule has 1 aromatic carbocycles. The lowest BCUT2D eigenvalue weighted by Crippen LogP contribution is -2.30. The number of hydrogen-bond donors (Lipinski definition) is 0. The molecule has 0 atom stereocenters. The highest BCUT2D eigenvalue weighted by molar-refractivity contribution is 9.10. The van der Waals surface area contributed by atoms with Crippen LogP contribution in [0, 0.1) is 0 Å². The molecule has 3 nitrogen and oxygen atoms in total. The second-order valence-corrected chi connectivity index (χ2v) is 6.12. The third-order valence-corrected chi connectivity index (χ3v) is 4.14. The Bertz CT molecular complexity index is 549. The maximum absolute atomic E-state index is 4.35. The second-order valence-electron chi connectivity index (χ2n) is 5.20. The zero-order valence-electron chi connectivity index (χ0n) is 10.9. The quantitative estimate of drug-likeness (QED) is 0.865. The van der Waals surface area contributed by atoms with Crippen LogP contribution < -0.4 is 4.90 Å². The van der Waals surface area contributed by atoms with Crippen molar-refractivity contribution in [2.75, 3.05) is 18.5 Å². The molecule has 0 N–H and O–H groups in total. The van der Waals surface area contributed by atoms with E-state index in [9.17, 15) is 0 Å². The van der Waals surface area contributed by atoms with Gasteiger partial charge in [0.05, 0.1) is 4.47 Å². The fourth-order valence-electron chi connectivity index (χ4n) is 2.51. The van der Waals surface area contributed by atoms with Crippen LogP contribution in [0.3, 0.4) is 0 Å². The highest BCUT2D eigenvalue weighted by atomic mass is 79.9. The molecule has 0 amide bonds. The third-order valence-electron chi connectivity index (χ3n) is 3.73. The zero-order chi connectivity index (χ0) is 13.3. The van der Waals surface area contributed by atoms with E-state index in [0.717, 1.165) is 17.0 Å². The Hall–Kier alpha value is -1.42. The van der Waals surface area contributed by atoms with Crippen LogP contribution in [0.15, 0.2) is 47.2 Å². The van der Waals surface area contributed by atoms with Crippen LogP contribution >= 0.6 is 15.9 Å². The normalized spacial score (nSPS) is 16.1. The summed E-state index contributed by atoms with van der Waals surface area (Å²) in [7, 11) is 2.06. The minimum atomic E-state index is 0.298. The highest BCUT2D eigenvalue weighted by Crippen LogP contribution is 2.48. The van der Waals surface area contributed by atoms with Crippen molar-refractivity contribution in [3.63, 3.8) is 0 Å². The van der Waals surface area contributed by atoms with Gasteiger partial charge in [-0.15, -0.1) is 0 Å². The van der Waals surface area contributed by atoms with Crippen molar-refractivity contribution in [2.24, 2.45) is 0 Å². The van der Waals surface area contributed by atoms with Gasteiger partial charge in [-0.25, -0.2) is 9.97 Å². The molecule has 1 fully saturated rings. The molecule has 0 unspecified atom stereocenters. The zero-order valence-corrected chi connectivity index (χ0v) is 12.5. The molecule has 98 valence electrons. The third kappa shape index (κ3) is 2.63. The van der Waals surface area contributed by atoms with Gasteiger partial charge >= 0.3 is 0 Å². The van der Waals surface area contributed by atoms with Gasteiger partial charge in [0.1, 0.15) is 0 Å².